The van der Waals surface area contributed by atoms with Gasteiger partial charge in [0, 0.05) is 43.5 Å². The highest BCUT2D eigenvalue weighted by molar-refractivity contribution is 5.54. The minimum absolute atomic E-state index is 0.238. The summed E-state index contributed by atoms with van der Waals surface area (Å²) in [6.45, 7) is 10.9. The minimum Gasteiger partial charge on any atom is -0.493 e. The van der Waals surface area contributed by atoms with Crippen LogP contribution in [0.4, 0.5) is 11.4 Å². The van der Waals surface area contributed by atoms with Crippen LogP contribution in [-0.4, -0.2) is 71.1 Å². The second-order valence-corrected chi connectivity index (χ2v) is 10.5. The fourth-order valence-corrected chi connectivity index (χ4v) is 5.48. The van der Waals surface area contributed by atoms with Crippen LogP contribution in [-0.2, 0) is 4.74 Å². The van der Waals surface area contributed by atoms with Crippen molar-refractivity contribution in [2.24, 2.45) is 5.92 Å². The molecule has 3 unspecified atom stereocenters. The summed E-state index contributed by atoms with van der Waals surface area (Å²) in [5.41, 5.74) is 2.88. The van der Waals surface area contributed by atoms with Gasteiger partial charge in [0.05, 0.1) is 37.2 Å². The molecule has 4 atom stereocenters. The average molecular weight is 522 g/mol. The van der Waals surface area contributed by atoms with Gasteiger partial charge < -0.3 is 24.4 Å². The van der Waals surface area contributed by atoms with E-state index in [2.05, 4.69) is 58.2 Å². The third-order valence-electron chi connectivity index (χ3n) is 7.72. The van der Waals surface area contributed by atoms with E-state index in [1.54, 1.807) is 6.92 Å². The maximum Gasteiger partial charge on any atom is 0.350 e. The quantitative estimate of drug-likeness (QED) is 0.461. The van der Waals surface area contributed by atoms with E-state index in [-0.39, 0.29) is 11.7 Å². The smallest absolute Gasteiger partial charge is 0.350 e. The lowest BCUT2D eigenvalue weighted by molar-refractivity contribution is 0.114. The highest BCUT2D eigenvalue weighted by Gasteiger charge is 2.23. The summed E-state index contributed by atoms with van der Waals surface area (Å²) in [7, 11) is 0. The third-order valence-corrected chi connectivity index (χ3v) is 7.72. The highest BCUT2D eigenvalue weighted by Crippen LogP contribution is 2.25. The number of hydrogen-bond donors (Lipinski definition) is 1. The Hall–Kier alpha value is -3.30. The molecule has 0 saturated carbocycles. The molecule has 2 fully saturated rings. The summed E-state index contributed by atoms with van der Waals surface area (Å²) in [6.07, 6.45) is 2.92. The second kappa shape index (κ2) is 11.6. The fourth-order valence-electron chi connectivity index (χ4n) is 5.48. The standard InChI is InChI=1S/C29H39N5O4/c1-4-28(22(3)35)34-29(36)33(20-30-34)26-7-5-24(6-8-26)31-13-15-32(16-14-31)25-9-11-27(12-10-25)38-19-23-17-21(2)37-18-23/h5-12,20-23,28,35H,4,13-19H2,1-3H3/t21?,22?,23-,28?/m0/s1. The Morgan fingerprint density at radius 2 is 1.58 bits per heavy atom. The van der Waals surface area contributed by atoms with Crippen LogP contribution in [0.25, 0.3) is 5.69 Å². The molecule has 3 heterocycles. The zero-order valence-electron chi connectivity index (χ0n) is 22.6. The molecule has 2 aliphatic rings. The van der Waals surface area contributed by atoms with E-state index in [0.717, 1.165) is 56.3 Å². The van der Waals surface area contributed by atoms with Gasteiger partial charge in [-0.2, -0.15) is 5.10 Å². The molecule has 1 aromatic heterocycles. The first-order chi connectivity index (χ1) is 18.4. The van der Waals surface area contributed by atoms with E-state index in [0.29, 0.717) is 25.0 Å². The molecule has 9 nitrogen and oxygen atoms in total. The summed E-state index contributed by atoms with van der Waals surface area (Å²) < 4.78 is 14.5. The topological polar surface area (TPSA) is 85.0 Å². The van der Waals surface area contributed by atoms with Gasteiger partial charge in [0.1, 0.15) is 12.1 Å². The monoisotopic (exact) mass is 521 g/mol. The number of anilines is 2. The molecular formula is C29H39N5O4. The van der Waals surface area contributed by atoms with Crippen molar-refractivity contribution in [3.8, 4) is 11.4 Å². The van der Waals surface area contributed by atoms with Gasteiger partial charge in [0.25, 0.3) is 0 Å². The van der Waals surface area contributed by atoms with E-state index in [1.807, 2.05) is 19.1 Å². The van der Waals surface area contributed by atoms with E-state index in [9.17, 15) is 9.90 Å². The van der Waals surface area contributed by atoms with E-state index in [1.165, 1.54) is 21.3 Å². The molecule has 204 valence electrons. The number of aliphatic hydroxyl groups excluding tert-OH is 1. The number of aliphatic hydroxyl groups is 1. The maximum absolute atomic E-state index is 12.9. The van der Waals surface area contributed by atoms with Crippen molar-refractivity contribution >= 4 is 11.4 Å². The first-order valence-corrected chi connectivity index (χ1v) is 13.7. The van der Waals surface area contributed by atoms with Crippen LogP contribution in [0.3, 0.4) is 0 Å². The van der Waals surface area contributed by atoms with Gasteiger partial charge in [0.2, 0.25) is 0 Å². The first-order valence-electron chi connectivity index (χ1n) is 13.7. The predicted molar refractivity (Wildman–Crippen MR) is 149 cm³/mol. The molecular weight excluding hydrogens is 482 g/mol. The number of nitrogens with zero attached hydrogens (tertiary/aromatic N) is 5. The van der Waals surface area contributed by atoms with Crippen molar-refractivity contribution in [1.29, 1.82) is 0 Å². The van der Waals surface area contributed by atoms with Crippen LogP contribution in [0.5, 0.6) is 5.75 Å². The highest BCUT2D eigenvalue weighted by atomic mass is 16.5. The number of rotatable bonds is 9. The Labute approximate surface area is 224 Å². The van der Waals surface area contributed by atoms with Crippen molar-refractivity contribution in [3.63, 3.8) is 0 Å². The van der Waals surface area contributed by atoms with Crippen molar-refractivity contribution in [1.82, 2.24) is 14.3 Å². The molecule has 1 N–H and O–H groups in total. The number of piperazine rings is 1. The number of benzene rings is 2. The van der Waals surface area contributed by atoms with Crippen LogP contribution >= 0.6 is 0 Å². The Bertz CT molecular complexity index is 1230. The molecule has 0 amide bonds. The molecule has 0 bridgehead atoms. The molecule has 5 rings (SSSR count). The van der Waals surface area contributed by atoms with Crippen LogP contribution in [0.1, 0.15) is 39.7 Å². The number of aromatic nitrogens is 3. The summed E-state index contributed by atoms with van der Waals surface area (Å²) in [4.78, 5) is 17.7. The molecule has 2 aromatic carbocycles. The van der Waals surface area contributed by atoms with Crippen LogP contribution < -0.4 is 20.2 Å². The van der Waals surface area contributed by atoms with E-state index < -0.39 is 6.10 Å². The molecule has 38 heavy (non-hydrogen) atoms. The van der Waals surface area contributed by atoms with Crippen LogP contribution in [0.15, 0.2) is 59.7 Å². The van der Waals surface area contributed by atoms with Gasteiger partial charge in [-0.05, 0) is 75.2 Å². The predicted octanol–water partition coefficient (Wildman–Crippen LogP) is 3.50. The van der Waals surface area contributed by atoms with E-state index in [4.69, 9.17) is 9.47 Å². The van der Waals surface area contributed by atoms with Crippen molar-refractivity contribution in [2.45, 2.75) is 51.9 Å². The molecule has 9 heteroatoms. The summed E-state index contributed by atoms with van der Waals surface area (Å²) >= 11 is 0. The molecule has 0 radical (unpaired) electrons. The van der Waals surface area contributed by atoms with Crippen molar-refractivity contribution in [3.05, 3.63) is 65.3 Å². The van der Waals surface area contributed by atoms with Crippen molar-refractivity contribution in [2.75, 3.05) is 49.2 Å². The number of ether oxygens (including phenoxy) is 2. The summed E-state index contributed by atoms with van der Waals surface area (Å²) in [5, 5.41) is 14.2. The summed E-state index contributed by atoms with van der Waals surface area (Å²) in [5.74, 6) is 1.39. The van der Waals surface area contributed by atoms with Gasteiger partial charge >= 0.3 is 5.69 Å². The molecule has 2 aliphatic heterocycles. The Morgan fingerprint density at radius 1 is 1.00 bits per heavy atom. The Balaban J connectivity index is 1.15. The molecule has 0 aliphatic carbocycles. The van der Waals surface area contributed by atoms with Gasteiger partial charge in [0.15, 0.2) is 0 Å². The molecule has 0 spiro atoms. The van der Waals surface area contributed by atoms with Crippen LogP contribution in [0.2, 0.25) is 0 Å². The number of hydrogen-bond acceptors (Lipinski definition) is 7. The van der Waals surface area contributed by atoms with Crippen LogP contribution in [0, 0.1) is 5.92 Å². The zero-order valence-corrected chi connectivity index (χ0v) is 22.6. The lowest BCUT2D eigenvalue weighted by Crippen LogP contribution is -2.46. The lowest BCUT2D eigenvalue weighted by atomic mass is 10.1. The van der Waals surface area contributed by atoms with Gasteiger partial charge in [-0.15, -0.1) is 0 Å². The van der Waals surface area contributed by atoms with Gasteiger partial charge in [-0.1, -0.05) is 6.92 Å². The normalized spacial score (nSPS) is 21.5. The largest absolute Gasteiger partial charge is 0.493 e. The molecule has 3 aromatic rings. The van der Waals surface area contributed by atoms with Gasteiger partial charge in [-0.25, -0.2) is 14.0 Å². The SMILES string of the molecule is CCC(C(C)O)n1ncn(-c2ccc(N3CCN(c4ccc(OC[C@@H]5COC(C)C5)cc4)CC3)cc2)c1=O. The zero-order chi connectivity index (χ0) is 26.6. The Kier molecular flexibility index (Phi) is 8.04. The fraction of sp³-hybridized carbons (Fsp3) is 0.517. The lowest BCUT2D eigenvalue weighted by Gasteiger charge is -2.37. The van der Waals surface area contributed by atoms with Crippen molar-refractivity contribution < 1.29 is 14.6 Å². The maximum atomic E-state index is 12.9. The summed E-state index contributed by atoms with van der Waals surface area (Å²) in [6, 6.07) is 16.1. The Morgan fingerprint density at radius 3 is 2.11 bits per heavy atom. The molecule has 2 saturated heterocycles. The first kappa shape index (κ1) is 26.3. The van der Waals surface area contributed by atoms with Gasteiger partial charge in [-0.3, -0.25) is 0 Å². The van der Waals surface area contributed by atoms with E-state index >= 15 is 0 Å². The second-order valence-electron chi connectivity index (χ2n) is 10.5. The minimum atomic E-state index is -0.644. The third kappa shape index (κ3) is 5.73. The average Bonchev–Trinajstić information content (AvgIpc) is 3.53.